The van der Waals surface area contributed by atoms with Crippen LogP contribution in [0.2, 0.25) is 0 Å². The van der Waals surface area contributed by atoms with Crippen molar-refractivity contribution in [3.05, 3.63) is 47.7 Å². The molecule has 0 amide bonds. The van der Waals surface area contributed by atoms with Crippen LogP contribution >= 0.6 is 0 Å². The summed E-state index contributed by atoms with van der Waals surface area (Å²) < 4.78 is 67.2. The molecule has 1 aliphatic rings. The quantitative estimate of drug-likeness (QED) is 0.503. The zero-order chi connectivity index (χ0) is 24.7. The lowest BCUT2D eigenvalue weighted by Gasteiger charge is -2.26. The van der Waals surface area contributed by atoms with Gasteiger partial charge in [0.25, 0.3) is 0 Å². The Kier molecular flexibility index (Phi) is 6.44. The van der Waals surface area contributed by atoms with Gasteiger partial charge in [-0.25, -0.2) is 8.42 Å². The summed E-state index contributed by atoms with van der Waals surface area (Å²) in [6.45, 7) is 2.69. The number of halogens is 3. The van der Waals surface area contributed by atoms with Crippen molar-refractivity contribution in [2.75, 3.05) is 0 Å². The Morgan fingerprint density at radius 2 is 1.88 bits per heavy atom. The molecule has 0 radical (unpaired) electrons. The number of fused-ring (bicyclic) bond motifs is 1. The Balaban J connectivity index is 1.82. The second-order valence-electron chi connectivity index (χ2n) is 8.78. The van der Waals surface area contributed by atoms with Gasteiger partial charge in [0.2, 0.25) is 10.0 Å². The molecule has 1 unspecified atom stereocenters. The van der Waals surface area contributed by atoms with Crippen molar-refractivity contribution in [1.29, 1.82) is 5.26 Å². The van der Waals surface area contributed by atoms with Crippen molar-refractivity contribution >= 4 is 20.9 Å². The Hall–Kier alpha value is -2.90. The highest BCUT2D eigenvalue weighted by atomic mass is 32.2. The van der Waals surface area contributed by atoms with Crippen LogP contribution in [0.5, 0.6) is 0 Å². The van der Waals surface area contributed by atoms with Crippen molar-refractivity contribution < 1.29 is 21.6 Å². The normalized spacial score (nSPS) is 16.5. The number of aromatic nitrogens is 2. The number of nitrogens with zero attached hydrogens (tertiary/aromatic N) is 3. The van der Waals surface area contributed by atoms with E-state index in [-0.39, 0.29) is 10.9 Å². The van der Waals surface area contributed by atoms with E-state index in [9.17, 15) is 26.9 Å². The third-order valence-electron chi connectivity index (χ3n) is 6.32. The fourth-order valence-electron chi connectivity index (χ4n) is 4.56. The maximum atomic E-state index is 12.8. The number of pyridine rings is 1. The molecule has 34 heavy (non-hydrogen) atoms. The minimum atomic E-state index is -4.71. The molecule has 10 heteroatoms. The molecule has 1 saturated carbocycles. The van der Waals surface area contributed by atoms with Crippen molar-refractivity contribution in [2.45, 2.75) is 69.1 Å². The summed E-state index contributed by atoms with van der Waals surface area (Å²) in [5.74, 6) is 0. The molecule has 3 aromatic rings. The number of hydrogen-bond donors (Lipinski definition) is 1. The molecule has 2 heterocycles. The molecule has 0 bridgehead atoms. The average Bonchev–Trinajstić information content (AvgIpc) is 3.12. The van der Waals surface area contributed by atoms with E-state index in [1.807, 2.05) is 25.1 Å². The van der Waals surface area contributed by atoms with Crippen molar-refractivity contribution in [2.24, 2.45) is 0 Å². The van der Waals surface area contributed by atoms with E-state index in [1.165, 1.54) is 12.1 Å². The summed E-state index contributed by atoms with van der Waals surface area (Å²) in [5.41, 5.74) is 3.39. The molecular weight excluding hydrogens is 465 g/mol. The van der Waals surface area contributed by atoms with Gasteiger partial charge >= 0.3 is 6.18 Å². The van der Waals surface area contributed by atoms with Gasteiger partial charge in [0.05, 0.1) is 22.5 Å². The number of nitriles is 1. The summed E-state index contributed by atoms with van der Waals surface area (Å²) in [5, 5.41) is 10.8. The van der Waals surface area contributed by atoms with Gasteiger partial charge in [-0.3, -0.25) is 4.98 Å². The van der Waals surface area contributed by atoms with E-state index >= 15 is 0 Å². The zero-order valence-corrected chi connectivity index (χ0v) is 19.7. The van der Waals surface area contributed by atoms with Gasteiger partial charge in [-0.05, 0) is 51.0 Å². The molecule has 1 fully saturated rings. The number of rotatable bonds is 5. The minimum absolute atomic E-state index is 0.176. The fraction of sp³-hybridized carbons (Fsp3) is 0.417. The first-order valence-electron chi connectivity index (χ1n) is 11.1. The first-order valence-corrected chi connectivity index (χ1v) is 12.6. The predicted octanol–water partition coefficient (Wildman–Crippen LogP) is 5.62. The summed E-state index contributed by atoms with van der Waals surface area (Å²) >= 11 is 0. The molecule has 0 aliphatic heterocycles. The predicted molar refractivity (Wildman–Crippen MR) is 123 cm³/mol. The molecule has 6 nitrogen and oxygen atoms in total. The standard InChI is InChI=1S/C24H25F3N4O2S/c1-15-8-11-22-19(12-15)20(13-28)23(31(22)17-6-4-3-5-7-17)21-10-9-18(14-29-21)34(32,33)30-16(2)24(25,26)27/h8-12,14,16-17,30H,3-7H2,1-2H3. The Bertz CT molecular complexity index is 1350. The van der Waals surface area contributed by atoms with Crippen molar-refractivity contribution in [3.63, 3.8) is 0 Å². The van der Waals surface area contributed by atoms with E-state index in [2.05, 4.69) is 15.6 Å². The molecule has 2 aromatic heterocycles. The van der Waals surface area contributed by atoms with Crippen LogP contribution in [0.4, 0.5) is 13.2 Å². The third kappa shape index (κ3) is 4.55. The van der Waals surface area contributed by atoms with E-state index < -0.39 is 22.2 Å². The molecule has 1 atom stereocenters. The largest absolute Gasteiger partial charge is 0.404 e. The highest BCUT2D eigenvalue weighted by Crippen LogP contribution is 2.40. The first kappa shape index (κ1) is 24.2. The van der Waals surface area contributed by atoms with E-state index in [0.717, 1.165) is 61.7 Å². The Morgan fingerprint density at radius 1 is 1.18 bits per heavy atom. The van der Waals surface area contributed by atoms with Crippen LogP contribution in [0.3, 0.4) is 0 Å². The number of sulfonamides is 1. The lowest BCUT2D eigenvalue weighted by atomic mass is 9.95. The summed E-state index contributed by atoms with van der Waals surface area (Å²) in [6.07, 6.45) is 1.56. The van der Waals surface area contributed by atoms with Gasteiger partial charge in [-0.15, -0.1) is 0 Å². The van der Waals surface area contributed by atoms with Crippen LogP contribution < -0.4 is 4.72 Å². The van der Waals surface area contributed by atoms with Crippen LogP contribution in [0.1, 0.15) is 56.2 Å². The van der Waals surface area contributed by atoms with Crippen LogP contribution in [0, 0.1) is 18.3 Å². The fourth-order valence-corrected chi connectivity index (χ4v) is 5.73. The summed E-state index contributed by atoms with van der Waals surface area (Å²) in [6, 6.07) is 8.85. The van der Waals surface area contributed by atoms with E-state index in [1.54, 1.807) is 4.72 Å². The second-order valence-corrected chi connectivity index (χ2v) is 10.5. The molecule has 180 valence electrons. The molecule has 4 rings (SSSR count). The van der Waals surface area contributed by atoms with Gasteiger partial charge in [0.1, 0.15) is 17.0 Å². The van der Waals surface area contributed by atoms with Crippen molar-refractivity contribution in [3.8, 4) is 17.5 Å². The topological polar surface area (TPSA) is 87.8 Å². The van der Waals surface area contributed by atoms with Crippen LogP contribution in [0.25, 0.3) is 22.3 Å². The lowest BCUT2D eigenvalue weighted by Crippen LogP contribution is -2.42. The Morgan fingerprint density at radius 3 is 2.47 bits per heavy atom. The molecule has 1 aromatic carbocycles. The Labute approximate surface area is 196 Å². The van der Waals surface area contributed by atoms with Crippen LogP contribution in [0.15, 0.2) is 41.4 Å². The number of hydrogen-bond acceptors (Lipinski definition) is 4. The highest BCUT2D eigenvalue weighted by Gasteiger charge is 2.39. The summed E-state index contributed by atoms with van der Waals surface area (Å²) in [4.78, 5) is 3.92. The van der Waals surface area contributed by atoms with E-state index in [0.29, 0.717) is 17.0 Å². The van der Waals surface area contributed by atoms with Crippen molar-refractivity contribution in [1.82, 2.24) is 14.3 Å². The van der Waals surface area contributed by atoms with Gasteiger partial charge < -0.3 is 4.57 Å². The molecule has 1 N–H and O–H groups in total. The first-order chi connectivity index (χ1) is 16.0. The molecule has 0 spiro atoms. The lowest BCUT2D eigenvalue weighted by molar-refractivity contribution is -0.147. The highest BCUT2D eigenvalue weighted by molar-refractivity contribution is 7.89. The van der Waals surface area contributed by atoms with Crippen LogP contribution in [-0.4, -0.2) is 30.2 Å². The van der Waals surface area contributed by atoms with E-state index in [4.69, 9.17) is 0 Å². The number of benzene rings is 1. The SMILES string of the molecule is Cc1ccc2c(c1)c(C#N)c(-c1ccc(S(=O)(=O)NC(C)C(F)(F)F)cn1)n2C1CCCCC1. The molecule has 1 aliphatic carbocycles. The monoisotopic (exact) mass is 490 g/mol. The number of nitrogens with one attached hydrogen (secondary N) is 1. The number of aryl methyl sites for hydroxylation is 1. The minimum Gasteiger partial charge on any atom is -0.335 e. The summed E-state index contributed by atoms with van der Waals surface area (Å²) in [7, 11) is -4.42. The van der Waals surface area contributed by atoms with Gasteiger partial charge in [-0.1, -0.05) is 30.9 Å². The zero-order valence-electron chi connectivity index (χ0n) is 18.9. The maximum Gasteiger partial charge on any atom is 0.404 e. The smallest absolute Gasteiger partial charge is 0.335 e. The second kappa shape index (κ2) is 9.04. The van der Waals surface area contributed by atoms with Gasteiger partial charge in [0.15, 0.2) is 0 Å². The molecule has 0 saturated heterocycles. The number of alkyl halides is 3. The van der Waals surface area contributed by atoms with Gasteiger partial charge in [-0.2, -0.15) is 23.2 Å². The third-order valence-corrected chi connectivity index (χ3v) is 7.85. The molecular formula is C24H25F3N4O2S. The maximum absolute atomic E-state index is 12.8. The van der Waals surface area contributed by atoms with Crippen LogP contribution in [-0.2, 0) is 10.0 Å². The van der Waals surface area contributed by atoms with Gasteiger partial charge in [0, 0.05) is 17.6 Å². The average molecular weight is 491 g/mol.